The van der Waals surface area contributed by atoms with Crippen molar-refractivity contribution in [2.75, 3.05) is 31.2 Å². The van der Waals surface area contributed by atoms with Gasteiger partial charge in [0.15, 0.2) is 8.32 Å². The van der Waals surface area contributed by atoms with Crippen LogP contribution in [0.3, 0.4) is 0 Å². The first-order chi connectivity index (χ1) is 16.0. The van der Waals surface area contributed by atoms with Gasteiger partial charge in [0.1, 0.15) is 11.7 Å². The Bertz CT molecular complexity index is 1050. The van der Waals surface area contributed by atoms with Crippen LogP contribution in [0.25, 0.3) is 11.0 Å². The molecule has 1 unspecified atom stereocenters. The van der Waals surface area contributed by atoms with E-state index in [2.05, 4.69) is 51.0 Å². The van der Waals surface area contributed by atoms with Gasteiger partial charge in [-0.15, -0.1) is 0 Å². The van der Waals surface area contributed by atoms with Crippen molar-refractivity contribution < 1.29 is 9.16 Å². The van der Waals surface area contributed by atoms with Gasteiger partial charge in [-0.25, -0.2) is 4.68 Å². The van der Waals surface area contributed by atoms with Crippen LogP contribution in [0.4, 0.5) is 5.69 Å². The highest BCUT2D eigenvalue weighted by Crippen LogP contribution is 2.37. The lowest BCUT2D eigenvalue weighted by molar-refractivity contribution is -0.0390. The van der Waals surface area contributed by atoms with Gasteiger partial charge in [0.05, 0.1) is 30.0 Å². The predicted molar refractivity (Wildman–Crippen MR) is 140 cm³/mol. The molecule has 0 radical (unpaired) electrons. The lowest BCUT2D eigenvalue weighted by Gasteiger charge is -2.44. The van der Waals surface area contributed by atoms with Crippen LogP contribution in [-0.4, -0.2) is 61.1 Å². The summed E-state index contributed by atoms with van der Waals surface area (Å²) in [5.41, 5.74) is 2.62. The number of ether oxygens (including phenoxy) is 1. The minimum absolute atomic E-state index is 0.0118. The van der Waals surface area contributed by atoms with Crippen LogP contribution >= 0.6 is 0 Å². The third kappa shape index (κ3) is 4.98. The fourth-order valence-corrected chi connectivity index (χ4v) is 5.65. The first-order valence-electron chi connectivity index (χ1n) is 12.9. The molecule has 2 aliphatic rings. The number of aryl methyl sites for hydroxylation is 1. The molecule has 0 aliphatic carbocycles. The van der Waals surface area contributed by atoms with Gasteiger partial charge in [0.2, 0.25) is 0 Å². The third-order valence-electron chi connectivity index (χ3n) is 8.10. The first kappa shape index (κ1) is 25.4. The Morgan fingerprint density at radius 3 is 2.71 bits per heavy atom. The second kappa shape index (κ2) is 9.76. The van der Waals surface area contributed by atoms with E-state index in [0.717, 1.165) is 62.1 Å². The summed E-state index contributed by atoms with van der Waals surface area (Å²) < 4.78 is 16.3. The van der Waals surface area contributed by atoms with Crippen LogP contribution < -0.4 is 15.8 Å². The molecule has 2 fully saturated rings. The van der Waals surface area contributed by atoms with Crippen molar-refractivity contribution >= 4 is 25.0 Å². The Kier molecular flexibility index (Phi) is 7.29. The Hall–Kier alpha value is -1.68. The number of fused-ring (bicyclic) bond motifs is 1. The molecule has 190 valence electrons. The summed E-state index contributed by atoms with van der Waals surface area (Å²) in [5, 5.41) is 8.83. The molecule has 0 spiro atoms. The molecule has 34 heavy (non-hydrogen) atoms. The van der Waals surface area contributed by atoms with E-state index < -0.39 is 8.32 Å². The molecule has 0 amide bonds. The monoisotopic (exact) mass is 489 g/mol. The second-order valence-electron chi connectivity index (χ2n) is 11.5. The Morgan fingerprint density at radius 1 is 1.29 bits per heavy atom. The molecule has 0 aromatic carbocycles. The van der Waals surface area contributed by atoms with Gasteiger partial charge in [-0.3, -0.25) is 4.79 Å². The maximum absolute atomic E-state index is 13.0. The molecule has 4 heterocycles. The van der Waals surface area contributed by atoms with Crippen LogP contribution in [0.1, 0.15) is 59.6 Å². The molecule has 2 aromatic heterocycles. The van der Waals surface area contributed by atoms with E-state index >= 15 is 0 Å². The third-order valence-corrected chi connectivity index (χ3v) is 12.6. The summed E-state index contributed by atoms with van der Waals surface area (Å²) in [6, 6.07) is 2.27. The number of pyridine rings is 1. The molecule has 0 saturated carbocycles. The molecule has 2 saturated heterocycles. The molecule has 9 heteroatoms. The number of aromatic nitrogens is 3. The van der Waals surface area contributed by atoms with Gasteiger partial charge in [-0.05, 0) is 43.8 Å². The Balaban J connectivity index is 1.71. The topological polar surface area (TPSA) is 73.6 Å². The van der Waals surface area contributed by atoms with Crippen molar-refractivity contribution in [3.8, 4) is 0 Å². The average molecular weight is 490 g/mol. The van der Waals surface area contributed by atoms with Crippen molar-refractivity contribution in [2.24, 2.45) is 7.05 Å². The van der Waals surface area contributed by atoms with Gasteiger partial charge < -0.3 is 23.9 Å². The molecule has 4 rings (SSSR count). The maximum Gasteiger partial charge on any atom is 0.252 e. The van der Waals surface area contributed by atoms with Crippen LogP contribution in [0.15, 0.2) is 17.1 Å². The molecule has 2 aromatic rings. The number of piperazine rings is 1. The van der Waals surface area contributed by atoms with Crippen LogP contribution in [-0.2, 0) is 16.2 Å². The second-order valence-corrected chi connectivity index (χ2v) is 16.3. The lowest BCUT2D eigenvalue weighted by Crippen LogP contribution is -2.59. The highest BCUT2D eigenvalue weighted by molar-refractivity contribution is 6.74. The number of nitrogens with zero attached hydrogens (tertiary/aromatic N) is 4. The largest absolute Gasteiger partial charge is 0.415 e. The number of rotatable bonds is 6. The Morgan fingerprint density at radius 2 is 2.06 bits per heavy atom. The van der Waals surface area contributed by atoms with Gasteiger partial charge in [-0.1, -0.05) is 27.7 Å². The van der Waals surface area contributed by atoms with Crippen molar-refractivity contribution in [2.45, 2.75) is 89.8 Å². The molecule has 0 bridgehead atoms. The van der Waals surface area contributed by atoms with Crippen molar-refractivity contribution in [3.63, 3.8) is 0 Å². The molecular formula is C25H43N5O3Si. The lowest BCUT2D eigenvalue weighted by atomic mass is 10.1. The molecule has 8 nitrogen and oxygen atoms in total. The first-order valence-corrected chi connectivity index (χ1v) is 15.8. The van der Waals surface area contributed by atoms with E-state index in [-0.39, 0.29) is 22.9 Å². The van der Waals surface area contributed by atoms with E-state index in [1.807, 2.05) is 17.9 Å². The van der Waals surface area contributed by atoms with Gasteiger partial charge in [-0.2, -0.15) is 5.10 Å². The van der Waals surface area contributed by atoms with E-state index in [0.29, 0.717) is 12.6 Å². The van der Waals surface area contributed by atoms with Crippen LogP contribution in [0.2, 0.25) is 18.1 Å². The fourth-order valence-electron chi connectivity index (χ4n) is 4.61. The number of nitrogens with one attached hydrogen (secondary N) is 1. The number of hydrogen-bond donors (Lipinski definition) is 1. The highest BCUT2D eigenvalue weighted by Gasteiger charge is 2.39. The van der Waals surface area contributed by atoms with E-state index in [9.17, 15) is 4.79 Å². The van der Waals surface area contributed by atoms with E-state index in [4.69, 9.17) is 14.3 Å². The molecule has 3 atom stereocenters. The molecule has 1 N–H and O–H groups in total. The number of hydrogen-bond acceptors (Lipinski definition) is 6. The quantitative estimate of drug-likeness (QED) is 0.618. The summed E-state index contributed by atoms with van der Waals surface area (Å²) in [6.45, 7) is 16.7. The van der Waals surface area contributed by atoms with Crippen LogP contribution in [0.5, 0.6) is 0 Å². The minimum atomic E-state index is -1.89. The normalized spacial score (nSPS) is 24.7. The molecule has 2 aliphatic heterocycles. The SMILES string of the molecule is CC[C@@H]1CN(c2cc(=O)n(C)c3cn(C4CCCCO4)nc23)[C@@H](CO[Si](C)(C)C(C)(C)C)CN1. The van der Waals surface area contributed by atoms with E-state index in [1.165, 1.54) is 0 Å². The van der Waals surface area contributed by atoms with E-state index in [1.54, 1.807) is 10.6 Å². The van der Waals surface area contributed by atoms with Crippen molar-refractivity contribution in [1.29, 1.82) is 0 Å². The summed E-state index contributed by atoms with van der Waals surface area (Å²) >= 11 is 0. The number of anilines is 1. The van der Waals surface area contributed by atoms with Crippen LogP contribution in [0, 0.1) is 0 Å². The predicted octanol–water partition coefficient (Wildman–Crippen LogP) is 4.01. The maximum atomic E-state index is 13.0. The zero-order valence-corrected chi connectivity index (χ0v) is 23.1. The van der Waals surface area contributed by atoms with Gasteiger partial charge >= 0.3 is 0 Å². The standard InChI is InChI=1S/C25H43N5O3Si/c1-8-18-15-29(19(14-26-18)17-33-34(6,7)25(2,3)4)20-13-22(31)28(5)21-16-30(27-24(20)21)23-11-9-10-12-32-23/h13,16,18-19,23,26H,8-12,14-15,17H2,1-7H3/t18-,19-,23?/m1/s1. The van der Waals surface area contributed by atoms with Crippen molar-refractivity contribution in [3.05, 3.63) is 22.6 Å². The summed E-state index contributed by atoms with van der Waals surface area (Å²) in [7, 11) is -0.0671. The smallest absolute Gasteiger partial charge is 0.252 e. The van der Waals surface area contributed by atoms with Gasteiger partial charge in [0, 0.05) is 38.9 Å². The zero-order chi connectivity index (χ0) is 24.7. The van der Waals surface area contributed by atoms with Gasteiger partial charge in [0.25, 0.3) is 5.56 Å². The zero-order valence-electron chi connectivity index (χ0n) is 22.1. The summed E-state index contributed by atoms with van der Waals surface area (Å²) in [5.74, 6) is 0. The minimum Gasteiger partial charge on any atom is -0.415 e. The Labute approximate surface area is 204 Å². The van der Waals surface area contributed by atoms with Crippen molar-refractivity contribution in [1.82, 2.24) is 19.7 Å². The average Bonchev–Trinajstić information content (AvgIpc) is 3.26. The molecular weight excluding hydrogens is 446 g/mol. The summed E-state index contributed by atoms with van der Waals surface area (Å²) in [4.78, 5) is 15.4. The fraction of sp³-hybridized carbons (Fsp3) is 0.760. The highest BCUT2D eigenvalue weighted by atomic mass is 28.4. The summed E-state index contributed by atoms with van der Waals surface area (Å²) in [6.07, 6.45) is 6.13.